The minimum atomic E-state index is -0.423. The third-order valence-corrected chi connectivity index (χ3v) is 1.78. The van der Waals surface area contributed by atoms with E-state index in [1.807, 2.05) is 6.07 Å². The molecule has 0 fully saturated rings. The Morgan fingerprint density at radius 1 is 1.40 bits per heavy atom. The maximum atomic E-state index is 13.3. The van der Waals surface area contributed by atoms with Crippen molar-refractivity contribution in [1.29, 1.82) is 5.26 Å². The molecule has 15 heavy (non-hydrogen) atoms. The minimum absolute atomic E-state index is 0.0267. The van der Waals surface area contributed by atoms with Gasteiger partial charge >= 0.3 is 0 Å². The number of halogens is 1. The number of benzene rings is 1. The van der Waals surface area contributed by atoms with E-state index in [1.165, 1.54) is 6.07 Å². The minimum Gasteiger partial charge on any atom is -0.395 e. The molecule has 1 N–H and O–H groups in total. The number of nitrogens with zero attached hydrogens (tertiary/aromatic N) is 1. The van der Waals surface area contributed by atoms with Crippen molar-refractivity contribution in [3.8, 4) is 17.9 Å². The van der Waals surface area contributed by atoms with Gasteiger partial charge in [-0.25, -0.2) is 4.39 Å². The third-order valence-electron chi connectivity index (χ3n) is 1.78. The lowest BCUT2D eigenvalue weighted by atomic mass is 10.1. The standard InChI is InChI=1S/C12H10FNO/c13-12-9-10(6-7-14)4-5-11(12)3-1-2-8-15/h4-5,9,15H,2,6,8H2. The molecule has 0 amide bonds. The fourth-order valence-corrected chi connectivity index (χ4v) is 1.07. The largest absolute Gasteiger partial charge is 0.395 e. The first kappa shape index (κ1) is 11.2. The molecule has 0 radical (unpaired) electrons. The molecule has 0 heterocycles. The first-order chi connectivity index (χ1) is 7.27. The van der Waals surface area contributed by atoms with Gasteiger partial charge in [0.25, 0.3) is 0 Å². The van der Waals surface area contributed by atoms with Gasteiger partial charge in [-0.3, -0.25) is 0 Å². The van der Waals surface area contributed by atoms with Gasteiger partial charge in [0.15, 0.2) is 0 Å². The molecule has 0 saturated heterocycles. The first-order valence-corrected chi connectivity index (χ1v) is 4.53. The Hall–Kier alpha value is -1.84. The van der Waals surface area contributed by atoms with Crippen LogP contribution in [0.5, 0.6) is 0 Å². The molecule has 3 heteroatoms. The molecule has 0 aromatic heterocycles. The highest BCUT2D eigenvalue weighted by molar-refractivity contribution is 5.38. The SMILES string of the molecule is N#CCc1ccc(C#CCCO)c(F)c1. The second-order valence-corrected chi connectivity index (χ2v) is 2.92. The highest BCUT2D eigenvalue weighted by Gasteiger charge is 2.00. The second kappa shape index (κ2) is 5.80. The first-order valence-electron chi connectivity index (χ1n) is 4.53. The molecule has 0 spiro atoms. The molecule has 0 unspecified atom stereocenters. The van der Waals surface area contributed by atoms with E-state index in [4.69, 9.17) is 10.4 Å². The van der Waals surface area contributed by atoms with Gasteiger partial charge in [0.1, 0.15) is 5.82 Å². The molecular formula is C12H10FNO. The number of aliphatic hydroxyl groups excluding tert-OH is 1. The van der Waals surface area contributed by atoms with Crippen molar-refractivity contribution in [1.82, 2.24) is 0 Å². The molecule has 0 saturated carbocycles. The van der Waals surface area contributed by atoms with Crippen molar-refractivity contribution < 1.29 is 9.50 Å². The third kappa shape index (κ3) is 3.42. The van der Waals surface area contributed by atoms with Crippen LogP contribution in [0.3, 0.4) is 0 Å². The Labute approximate surface area is 88.0 Å². The summed E-state index contributed by atoms with van der Waals surface area (Å²) in [6.45, 7) is -0.0267. The predicted octanol–water partition coefficient (Wildman–Crippen LogP) is 1.63. The molecule has 0 bridgehead atoms. The molecule has 0 aliphatic carbocycles. The van der Waals surface area contributed by atoms with Gasteiger partial charge in [-0.2, -0.15) is 5.26 Å². The Morgan fingerprint density at radius 3 is 2.80 bits per heavy atom. The van der Waals surface area contributed by atoms with Gasteiger partial charge in [-0.15, -0.1) is 0 Å². The highest BCUT2D eigenvalue weighted by atomic mass is 19.1. The molecule has 1 aromatic rings. The van der Waals surface area contributed by atoms with Crippen LogP contribution < -0.4 is 0 Å². The van der Waals surface area contributed by atoms with E-state index in [0.29, 0.717) is 17.5 Å². The fraction of sp³-hybridized carbons (Fsp3) is 0.250. The smallest absolute Gasteiger partial charge is 0.139 e. The van der Waals surface area contributed by atoms with Crippen LogP contribution in [0.2, 0.25) is 0 Å². The van der Waals surface area contributed by atoms with Gasteiger partial charge < -0.3 is 5.11 Å². The average molecular weight is 203 g/mol. The summed E-state index contributed by atoms with van der Waals surface area (Å²) in [6.07, 6.45) is 0.528. The predicted molar refractivity (Wildman–Crippen MR) is 54.3 cm³/mol. The van der Waals surface area contributed by atoms with Gasteiger partial charge in [0.05, 0.1) is 24.7 Å². The topological polar surface area (TPSA) is 44.0 Å². The molecule has 0 atom stereocenters. The molecule has 2 nitrogen and oxygen atoms in total. The summed E-state index contributed by atoms with van der Waals surface area (Å²) in [4.78, 5) is 0. The van der Waals surface area contributed by atoms with E-state index < -0.39 is 5.82 Å². The second-order valence-electron chi connectivity index (χ2n) is 2.92. The summed E-state index contributed by atoms with van der Waals surface area (Å²) >= 11 is 0. The van der Waals surface area contributed by atoms with Crippen LogP contribution in [-0.2, 0) is 6.42 Å². The lowest BCUT2D eigenvalue weighted by molar-refractivity contribution is 0.305. The van der Waals surface area contributed by atoms with Crippen LogP contribution in [0.25, 0.3) is 0 Å². The zero-order chi connectivity index (χ0) is 11.1. The van der Waals surface area contributed by atoms with Gasteiger partial charge in [0.2, 0.25) is 0 Å². The molecule has 1 rings (SSSR count). The molecule has 76 valence electrons. The van der Waals surface area contributed by atoms with Crippen LogP contribution in [0.15, 0.2) is 18.2 Å². The lowest BCUT2D eigenvalue weighted by Gasteiger charge is -1.97. The van der Waals surface area contributed by atoms with E-state index in [1.54, 1.807) is 12.1 Å². The van der Waals surface area contributed by atoms with E-state index >= 15 is 0 Å². The highest BCUT2D eigenvalue weighted by Crippen LogP contribution is 2.09. The van der Waals surface area contributed by atoms with E-state index in [9.17, 15) is 4.39 Å². The van der Waals surface area contributed by atoms with Gasteiger partial charge in [0, 0.05) is 6.42 Å². The van der Waals surface area contributed by atoms with Crippen molar-refractivity contribution in [2.45, 2.75) is 12.8 Å². The number of rotatable bonds is 2. The van der Waals surface area contributed by atoms with Crippen LogP contribution >= 0.6 is 0 Å². The van der Waals surface area contributed by atoms with Crippen LogP contribution in [0.1, 0.15) is 17.5 Å². The maximum Gasteiger partial charge on any atom is 0.139 e. The van der Waals surface area contributed by atoms with E-state index in [2.05, 4.69) is 11.8 Å². The van der Waals surface area contributed by atoms with Gasteiger partial charge in [-0.1, -0.05) is 17.9 Å². The summed E-state index contributed by atoms with van der Waals surface area (Å²) in [6, 6.07) is 6.48. The van der Waals surface area contributed by atoms with Crippen molar-refractivity contribution in [3.05, 3.63) is 35.1 Å². The summed E-state index contributed by atoms with van der Waals surface area (Å²) in [5.41, 5.74) is 0.938. The van der Waals surface area contributed by atoms with Crippen LogP contribution in [-0.4, -0.2) is 11.7 Å². The zero-order valence-electron chi connectivity index (χ0n) is 8.13. The summed E-state index contributed by atoms with van der Waals surface area (Å²) in [5, 5.41) is 16.9. The van der Waals surface area contributed by atoms with Crippen LogP contribution in [0, 0.1) is 29.0 Å². The van der Waals surface area contributed by atoms with Crippen molar-refractivity contribution in [2.75, 3.05) is 6.61 Å². The van der Waals surface area contributed by atoms with Crippen molar-refractivity contribution in [2.24, 2.45) is 0 Å². The molecule has 1 aromatic carbocycles. The fourth-order valence-electron chi connectivity index (χ4n) is 1.07. The monoisotopic (exact) mass is 203 g/mol. The Balaban J connectivity index is 2.86. The number of nitriles is 1. The number of hydrogen-bond acceptors (Lipinski definition) is 2. The quantitative estimate of drug-likeness (QED) is 0.742. The maximum absolute atomic E-state index is 13.3. The Kier molecular flexibility index (Phi) is 4.34. The Morgan fingerprint density at radius 2 is 2.20 bits per heavy atom. The Bertz CT molecular complexity index is 437. The van der Waals surface area contributed by atoms with Crippen molar-refractivity contribution >= 4 is 0 Å². The van der Waals surface area contributed by atoms with Crippen molar-refractivity contribution in [3.63, 3.8) is 0 Å². The number of hydrogen-bond donors (Lipinski definition) is 1. The average Bonchev–Trinajstić information content (AvgIpc) is 2.22. The van der Waals surface area contributed by atoms with Crippen LogP contribution in [0.4, 0.5) is 4.39 Å². The summed E-state index contributed by atoms with van der Waals surface area (Å²) in [7, 11) is 0. The van der Waals surface area contributed by atoms with E-state index in [-0.39, 0.29) is 13.0 Å². The zero-order valence-corrected chi connectivity index (χ0v) is 8.13. The lowest BCUT2D eigenvalue weighted by Crippen LogP contribution is -1.88. The summed E-state index contributed by atoms with van der Waals surface area (Å²) < 4.78 is 13.3. The molecule has 0 aliphatic rings. The summed E-state index contributed by atoms with van der Waals surface area (Å²) in [5.74, 6) is 4.83. The van der Waals surface area contributed by atoms with Gasteiger partial charge in [-0.05, 0) is 17.7 Å². The number of aliphatic hydroxyl groups is 1. The molecule has 0 aliphatic heterocycles. The van der Waals surface area contributed by atoms with E-state index in [0.717, 1.165) is 0 Å². The normalized spacial score (nSPS) is 8.87. The molecular weight excluding hydrogens is 193 g/mol.